The molecule has 0 spiro atoms. The fourth-order valence-corrected chi connectivity index (χ4v) is 3.64. The van der Waals surface area contributed by atoms with Crippen molar-refractivity contribution in [1.29, 1.82) is 0 Å². The molecule has 2 aromatic rings. The molecule has 7 heteroatoms. The minimum absolute atomic E-state index is 0.216. The molecule has 0 bridgehead atoms. The predicted molar refractivity (Wildman–Crippen MR) is 106 cm³/mol. The second kappa shape index (κ2) is 8.52. The number of aryl methyl sites for hydroxylation is 2. The van der Waals surface area contributed by atoms with Crippen molar-refractivity contribution in [1.82, 2.24) is 5.32 Å². The summed E-state index contributed by atoms with van der Waals surface area (Å²) in [4.78, 5) is 12.5. The van der Waals surface area contributed by atoms with Crippen LogP contribution in [-0.4, -0.2) is 27.1 Å². The maximum Gasteiger partial charge on any atom is 0.241 e. The third-order valence-corrected chi connectivity index (χ3v) is 5.62. The Bertz CT molecular complexity index is 911. The van der Waals surface area contributed by atoms with Gasteiger partial charge in [0.15, 0.2) is 0 Å². The van der Waals surface area contributed by atoms with Gasteiger partial charge in [-0.2, -0.15) is 0 Å². The molecule has 0 aromatic heterocycles. The van der Waals surface area contributed by atoms with Crippen LogP contribution in [0, 0.1) is 19.7 Å². The first-order valence-corrected chi connectivity index (χ1v) is 10.6. The highest BCUT2D eigenvalue weighted by Gasteiger charge is 2.22. The summed E-state index contributed by atoms with van der Waals surface area (Å²) in [5.74, 6) is -0.896. The smallest absolute Gasteiger partial charge is 0.241 e. The van der Waals surface area contributed by atoms with Crippen LogP contribution < -0.4 is 9.62 Å². The van der Waals surface area contributed by atoms with Crippen molar-refractivity contribution in [2.75, 3.05) is 17.1 Å². The molecule has 0 saturated heterocycles. The molecule has 0 saturated carbocycles. The summed E-state index contributed by atoms with van der Waals surface area (Å²) in [6.07, 6.45) is 1.69. The van der Waals surface area contributed by atoms with Crippen molar-refractivity contribution in [2.45, 2.75) is 33.2 Å². The third kappa shape index (κ3) is 5.53. The van der Waals surface area contributed by atoms with Gasteiger partial charge in [-0.3, -0.25) is 9.10 Å². The highest BCUT2D eigenvalue weighted by Crippen LogP contribution is 2.21. The lowest BCUT2D eigenvalue weighted by Gasteiger charge is -2.24. The second-order valence-electron chi connectivity index (χ2n) is 6.62. The summed E-state index contributed by atoms with van der Waals surface area (Å²) in [6, 6.07) is 10.8. The Morgan fingerprint density at radius 3 is 2.26 bits per heavy atom. The zero-order valence-electron chi connectivity index (χ0n) is 16.0. The van der Waals surface area contributed by atoms with Crippen LogP contribution in [0.5, 0.6) is 0 Å². The first-order valence-electron chi connectivity index (χ1n) is 8.71. The lowest BCUT2D eigenvalue weighted by molar-refractivity contribution is -0.120. The Kier molecular flexibility index (Phi) is 6.59. The van der Waals surface area contributed by atoms with Gasteiger partial charge in [-0.1, -0.05) is 25.1 Å². The van der Waals surface area contributed by atoms with Crippen LogP contribution in [0.2, 0.25) is 0 Å². The van der Waals surface area contributed by atoms with E-state index < -0.39 is 21.7 Å². The molecule has 0 aliphatic rings. The molecule has 2 aromatic carbocycles. The van der Waals surface area contributed by atoms with Crippen molar-refractivity contribution < 1.29 is 17.6 Å². The number of benzene rings is 2. The Hall–Kier alpha value is -2.41. The molecule has 0 radical (unpaired) electrons. The van der Waals surface area contributed by atoms with E-state index in [4.69, 9.17) is 0 Å². The predicted octanol–water partition coefficient (Wildman–Crippen LogP) is 3.48. The lowest BCUT2D eigenvalue weighted by atomic mass is 9.99. The van der Waals surface area contributed by atoms with E-state index in [-0.39, 0.29) is 18.3 Å². The summed E-state index contributed by atoms with van der Waals surface area (Å²) in [5, 5.41) is 2.89. The topological polar surface area (TPSA) is 66.5 Å². The maximum absolute atomic E-state index is 13.1. The first kappa shape index (κ1) is 20.9. The Morgan fingerprint density at radius 2 is 1.74 bits per heavy atom. The van der Waals surface area contributed by atoms with Gasteiger partial charge in [0.2, 0.25) is 15.9 Å². The first-order chi connectivity index (χ1) is 12.6. The van der Waals surface area contributed by atoms with Crippen LogP contribution in [0.1, 0.15) is 36.1 Å². The van der Waals surface area contributed by atoms with E-state index in [0.717, 1.165) is 33.8 Å². The van der Waals surface area contributed by atoms with Crippen molar-refractivity contribution in [3.8, 4) is 0 Å². The van der Waals surface area contributed by atoms with Gasteiger partial charge in [-0.15, -0.1) is 0 Å². The van der Waals surface area contributed by atoms with Crippen molar-refractivity contribution in [3.63, 3.8) is 0 Å². The monoisotopic (exact) mass is 392 g/mol. The fourth-order valence-electron chi connectivity index (χ4n) is 2.78. The van der Waals surface area contributed by atoms with Gasteiger partial charge in [0.05, 0.1) is 18.0 Å². The number of carbonyl (C=O) groups excluding carboxylic acids is 1. The fraction of sp³-hybridized carbons (Fsp3) is 0.350. The molecule has 27 heavy (non-hydrogen) atoms. The van der Waals surface area contributed by atoms with Crippen LogP contribution >= 0.6 is 0 Å². The highest BCUT2D eigenvalue weighted by atomic mass is 32.2. The number of carbonyl (C=O) groups is 1. The van der Waals surface area contributed by atoms with Crippen LogP contribution in [0.3, 0.4) is 0 Å². The average Bonchev–Trinajstić information content (AvgIpc) is 2.60. The molecule has 0 fully saturated rings. The SMILES string of the molecule is CCC(NC(=O)CN(c1ccc(F)cc1)S(C)(=O)=O)c1ccc(C)c(C)c1. The van der Waals surface area contributed by atoms with E-state index in [1.807, 2.05) is 39.0 Å². The van der Waals surface area contributed by atoms with Crippen molar-refractivity contribution in [3.05, 3.63) is 65.0 Å². The number of nitrogens with one attached hydrogen (secondary N) is 1. The Labute approximate surface area is 160 Å². The van der Waals surface area contributed by atoms with Crippen LogP contribution in [-0.2, 0) is 14.8 Å². The average molecular weight is 392 g/mol. The molecular formula is C20H25FN2O3S. The van der Waals surface area contributed by atoms with Crippen LogP contribution in [0.4, 0.5) is 10.1 Å². The number of hydrogen-bond acceptors (Lipinski definition) is 3. The molecule has 2 rings (SSSR count). The van der Waals surface area contributed by atoms with E-state index in [1.165, 1.54) is 17.7 Å². The number of sulfonamides is 1. The highest BCUT2D eigenvalue weighted by molar-refractivity contribution is 7.92. The minimum Gasteiger partial charge on any atom is -0.348 e. The van der Waals surface area contributed by atoms with E-state index in [9.17, 15) is 17.6 Å². The zero-order chi connectivity index (χ0) is 20.2. The molecule has 0 heterocycles. The standard InChI is InChI=1S/C20H25FN2O3S/c1-5-19(16-7-6-14(2)15(3)12-16)22-20(24)13-23(27(4,25)26)18-10-8-17(21)9-11-18/h6-12,19H,5,13H2,1-4H3,(H,22,24). The summed E-state index contributed by atoms with van der Waals surface area (Å²) in [5.41, 5.74) is 3.51. The van der Waals surface area contributed by atoms with Gasteiger partial charge in [0.1, 0.15) is 12.4 Å². The van der Waals surface area contributed by atoms with E-state index in [0.29, 0.717) is 6.42 Å². The summed E-state index contributed by atoms with van der Waals surface area (Å²) >= 11 is 0. The molecule has 1 unspecified atom stereocenters. The van der Waals surface area contributed by atoms with Gasteiger partial charge in [-0.05, 0) is 61.2 Å². The van der Waals surface area contributed by atoms with E-state index in [2.05, 4.69) is 5.32 Å². The summed E-state index contributed by atoms with van der Waals surface area (Å²) < 4.78 is 38.3. The van der Waals surface area contributed by atoms with Gasteiger partial charge >= 0.3 is 0 Å². The molecule has 5 nitrogen and oxygen atoms in total. The van der Waals surface area contributed by atoms with Gasteiger partial charge < -0.3 is 5.32 Å². The van der Waals surface area contributed by atoms with Crippen LogP contribution in [0.15, 0.2) is 42.5 Å². The number of halogens is 1. The molecule has 0 aliphatic heterocycles. The number of rotatable bonds is 7. The Balaban J connectivity index is 2.19. The van der Waals surface area contributed by atoms with Gasteiger partial charge in [0, 0.05) is 0 Å². The number of anilines is 1. The van der Waals surface area contributed by atoms with E-state index >= 15 is 0 Å². The quantitative estimate of drug-likeness (QED) is 0.785. The second-order valence-corrected chi connectivity index (χ2v) is 8.52. The zero-order valence-corrected chi connectivity index (χ0v) is 16.8. The van der Waals surface area contributed by atoms with Gasteiger partial charge in [-0.25, -0.2) is 12.8 Å². The minimum atomic E-state index is -3.70. The number of amides is 1. The summed E-state index contributed by atoms with van der Waals surface area (Å²) in [6.45, 7) is 5.61. The summed E-state index contributed by atoms with van der Waals surface area (Å²) in [7, 11) is -3.70. The molecule has 1 amide bonds. The number of nitrogens with zero attached hydrogens (tertiary/aromatic N) is 1. The van der Waals surface area contributed by atoms with Crippen LogP contribution in [0.25, 0.3) is 0 Å². The Morgan fingerprint density at radius 1 is 1.11 bits per heavy atom. The molecule has 1 N–H and O–H groups in total. The third-order valence-electron chi connectivity index (χ3n) is 4.48. The molecule has 146 valence electrons. The molecular weight excluding hydrogens is 367 g/mol. The van der Waals surface area contributed by atoms with Crippen molar-refractivity contribution >= 4 is 21.6 Å². The maximum atomic E-state index is 13.1. The largest absolute Gasteiger partial charge is 0.348 e. The number of hydrogen-bond donors (Lipinski definition) is 1. The lowest BCUT2D eigenvalue weighted by Crippen LogP contribution is -2.41. The van der Waals surface area contributed by atoms with E-state index in [1.54, 1.807) is 0 Å². The molecule has 0 aliphatic carbocycles. The van der Waals surface area contributed by atoms with Crippen molar-refractivity contribution in [2.24, 2.45) is 0 Å². The molecule has 1 atom stereocenters. The van der Waals surface area contributed by atoms with Gasteiger partial charge in [0.25, 0.3) is 0 Å². The normalized spacial score (nSPS) is 12.5.